The maximum absolute atomic E-state index is 5.91. The van der Waals surface area contributed by atoms with Crippen LogP contribution in [-0.2, 0) is 6.42 Å². The molecule has 0 bridgehead atoms. The first-order chi connectivity index (χ1) is 7.54. The van der Waals surface area contributed by atoms with Crippen LogP contribution >= 0.6 is 0 Å². The van der Waals surface area contributed by atoms with Crippen molar-refractivity contribution >= 4 is 5.95 Å². The van der Waals surface area contributed by atoms with Crippen LogP contribution in [0.5, 0.6) is 0 Å². The third kappa shape index (κ3) is 2.95. The molecular weight excluding hydrogens is 204 g/mol. The van der Waals surface area contributed by atoms with Gasteiger partial charge < -0.3 is 15.2 Å². The molecule has 2 heterocycles. The van der Waals surface area contributed by atoms with Crippen LogP contribution in [0.1, 0.15) is 39.0 Å². The average Bonchev–Trinajstić information content (AvgIpc) is 2.65. The summed E-state index contributed by atoms with van der Waals surface area (Å²) < 4.78 is 5.21. The molecule has 0 saturated carbocycles. The largest absolute Gasteiger partial charge is 0.338 e. The highest BCUT2D eigenvalue weighted by atomic mass is 16.5. The van der Waals surface area contributed by atoms with E-state index in [1.54, 1.807) is 0 Å². The summed E-state index contributed by atoms with van der Waals surface area (Å²) in [5.74, 6) is 1.35. The lowest BCUT2D eigenvalue weighted by atomic mass is 10.0. The Bertz CT molecular complexity index is 336. The van der Waals surface area contributed by atoms with Crippen molar-refractivity contribution in [2.24, 2.45) is 5.73 Å². The number of piperidine rings is 1. The van der Waals surface area contributed by atoms with Crippen LogP contribution in [0.4, 0.5) is 5.95 Å². The summed E-state index contributed by atoms with van der Waals surface area (Å²) in [7, 11) is 0. The molecule has 0 spiro atoms. The topological polar surface area (TPSA) is 68.2 Å². The first-order valence-corrected chi connectivity index (χ1v) is 5.91. The second-order valence-corrected chi connectivity index (χ2v) is 5.20. The van der Waals surface area contributed by atoms with Gasteiger partial charge in [-0.05, 0) is 38.3 Å². The van der Waals surface area contributed by atoms with E-state index in [2.05, 4.69) is 15.0 Å². The minimum atomic E-state index is -0.300. The molecule has 1 aromatic heterocycles. The van der Waals surface area contributed by atoms with Crippen molar-refractivity contribution in [3.05, 3.63) is 5.89 Å². The lowest BCUT2D eigenvalue weighted by molar-refractivity contribution is 0.347. The van der Waals surface area contributed by atoms with Gasteiger partial charge in [-0.25, -0.2) is 0 Å². The van der Waals surface area contributed by atoms with Crippen molar-refractivity contribution in [2.75, 3.05) is 18.0 Å². The smallest absolute Gasteiger partial charge is 0.266 e. The fourth-order valence-corrected chi connectivity index (χ4v) is 1.93. The second kappa shape index (κ2) is 4.41. The lowest BCUT2D eigenvalue weighted by Crippen LogP contribution is -2.34. The molecular formula is C11H20N4O. The molecule has 2 rings (SSSR count). The number of aromatic nitrogens is 2. The Kier molecular flexibility index (Phi) is 3.14. The standard InChI is InChI=1S/C11H20N4O/c1-11(2,12)8-9-13-10(14-16-9)15-6-4-3-5-7-15/h3-8,12H2,1-2H3. The fraction of sp³-hybridized carbons (Fsp3) is 0.818. The maximum atomic E-state index is 5.91. The zero-order valence-corrected chi connectivity index (χ0v) is 10.1. The van der Waals surface area contributed by atoms with Gasteiger partial charge >= 0.3 is 0 Å². The number of hydrogen-bond donors (Lipinski definition) is 1. The van der Waals surface area contributed by atoms with E-state index in [1.165, 1.54) is 19.3 Å². The average molecular weight is 224 g/mol. The third-order valence-corrected chi connectivity index (χ3v) is 2.70. The van der Waals surface area contributed by atoms with E-state index >= 15 is 0 Å². The number of rotatable bonds is 3. The van der Waals surface area contributed by atoms with Crippen LogP contribution < -0.4 is 10.6 Å². The van der Waals surface area contributed by atoms with E-state index in [-0.39, 0.29) is 5.54 Å². The van der Waals surface area contributed by atoms with E-state index in [9.17, 15) is 0 Å². The van der Waals surface area contributed by atoms with Crippen LogP contribution in [0.15, 0.2) is 4.52 Å². The highest BCUT2D eigenvalue weighted by Gasteiger charge is 2.20. The molecule has 1 aromatic rings. The van der Waals surface area contributed by atoms with Gasteiger partial charge in [-0.1, -0.05) is 0 Å². The van der Waals surface area contributed by atoms with E-state index in [4.69, 9.17) is 10.3 Å². The Labute approximate surface area is 96.0 Å². The molecule has 0 unspecified atom stereocenters. The van der Waals surface area contributed by atoms with Gasteiger partial charge in [0.05, 0.1) is 0 Å². The highest BCUT2D eigenvalue weighted by Crippen LogP contribution is 2.17. The Morgan fingerprint density at radius 1 is 1.31 bits per heavy atom. The van der Waals surface area contributed by atoms with Gasteiger partial charge in [0.25, 0.3) is 5.95 Å². The van der Waals surface area contributed by atoms with Crippen molar-refractivity contribution in [1.29, 1.82) is 0 Å². The Balaban J connectivity index is 2.01. The van der Waals surface area contributed by atoms with Gasteiger partial charge in [0.1, 0.15) is 0 Å². The van der Waals surface area contributed by atoms with Gasteiger partial charge in [-0.2, -0.15) is 4.98 Å². The molecule has 1 aliphatic rings. The summed E-state index contributed by atoms with van der Waals surface area (Å²) in [5.41, 5.74) is 5.61. The van der Waals surface area contributed by atoms with Gasteiger partial charge in [-0.3, -0.25) is 0 Å². The van der Waals surface area contributed by atoms with Crippen molar-refractivity contribution in [2.45, 2.75) is 45.1 Å². The Hall–Kier alpha value is -1.10. The maximum Gasteiger partial charge on any atom is 0.266 e. The molecule has 0 aromatic carbocycles. The summed E-state index contributed by atoms with van der Waals surface area (Å²) >= 11 is 0. The molecule has 90 valence electrons. The fourth-order valence-electron chi connectivity index (χ4n) is 1.93. The quantitative estimate of drug-likeness (QED) is 0.839. The minimum Gasteiger partial charge on any atom is -0.338 e. The van der Waals surface area contributed by atoms with E-state index in [1.807, 2.05) is 13.8 Å². The molecule has 0 atom stereocenters. The number of hydrogen-bond acceptors (Lipinski definition) is 5. The summed E-state index contributed by atoms with van der Waals surface area (Å²) in [6, 6.07) is 0. The summed E-state index contributed by atoms with van der Waals surface area (Å²) in [6.45, 7) is 5.98. The lowest BCUT2D eigenvalue weighted by Gasteiger charge is -2.24. The van der Waals surface area contributed by atoms with Gasteiger partial charge in [0, 0.05) is 25.0 Å². The van der Waals surface area contributed by atoms with Crippen LogP contribution in [0.2, 0.25) is 0 Å². The molecule has 1 saturated heterocycles. The number of nitrogens with zero attached hydrogens (tertiary/aromatic N) is 3. The van der Waals surface area contributed by atoms with Crippen molar-refractivity contribution in [3.63, 3.8) is 0 Å². The van der Waals surface area contributed by atoms with Crippen LogP contribution in [0.25, 0.3) is 0 Å². The van der Waals surface area contributed by atoms with Crippen molar-refractivity contribution < 1.29 is 4.52 Å². The molecule has 5 nitrogen and oxygen atoms in total. The predicted molar refractivity (Wildman–Crippen MR) is 62.3 cm³/mol. The van der Waals surface area contributed by atoms with Gasteiger partial charge in [-0.15, -0.1) is 0 Å². The van der Waals surface area contributed by atoms with Crippen LogP contribution in [0.3, 0.4) is 0 Å². The summed E-state index contributed by atoms with van der Waals surface area (Å²) in [6.07, 6.45) is 4.35. The van der Waals surface area contributed by atoms with E-state index in [0.717, 1.165) is 19.0 Å². The second-order valence-electron chi connectivity index (χ2n) is 5.20. The Morgan fingerprint density at radius 2 is 2.00 bits per heavy atom. The highest BCUT2D eigenvalue weighted by molar-refractivity contribution is 5.28. The van der Waals surface area contributed by atoms with Crippen molar-refractivity contribution in [3.8, 4) is 0 Å². The molecule has 0 radical (unpaired) electrons. The normalized spacial score (nSPS) is 17.8. The molecule has 5 heteroatoms. The molecule has 1 aliphatic heterocycles. The molecule has 1 fully saturated rings. The van der Waals surface area contributed by atoms with E-state index < -0.39 is 0 Å². The van der Waals surface area contributed by atoms with Gasteiger partial charge in [0.15, 0.2) is 0 Å². The summed E-state index contributed by atoms with van der Waals surface area (Å²) in [4.78, 5) is 6.57. The zero-order chi connectivity index (χ0) is 11.6. The molecule has 2 N–H and O–H groups in total. The zero-order valence-electron chi connectivity index (χ0n) is 10.1. The summed E-state index contributed by atoms with van der Waals surface area (Å²) in [5, 5.41) is 4.01. The third-order valence-electron chi connectivity index (χ3n) is 2.70. The van der Waals surface area contributed by atoms with Crippen molar-refractivity contribution in [1.82, 2.24) is 10.1 Å². The minimum absolute atomic E-state index is 0.300. The van der Waals surface area contributed by atoms with Crippen LogP contribution in [-0.4, -0.2) is 28.8 Å². The molecule has 16 heavy (non-hydrogen) atoms. The molecule has 0 amide bonds. The monoisotopic (exact) mass is 224 g/mol. The van der Waals surface area contributed by atoms with Gasteiger partial charge in [0.2, 0.25) is 5.89 Å². The predicted octanol–water partition coefficient (Wildman–Crippen LogP) is 1.34. The molecule has 0 aliphatic carbocycles. The number of nitrogens with two attached hydrogens (primary N) is 1. The number of anilines is 1. The Morgan fingerprint density at radius 3 is 2.62 bits per heavy atom. The first kappa shape index (κ1) is 11.4. The first-order valence-electron chi connectivity index (χ1n) is 5.91. The van der Waals surface area contributed by atoms with Crippen LogP contribution in [0, 0.1) is 0 Å². The van der Waals surface area contributed by atoms with E-state index in [0.29, 0.717) is 12.3 Å². The SMILES string of the molecule is CC(C)(N)Cc1nc(N2CCCCC2)no1.